The molecule has 2 heterocycles. The number of amides is 1. The molecule has 1 aliphatic heterocycles. The Morgan fingerprint density at radius 3 is 2.14 bits per heavy atom. The molecule has 0 fully saturated rings. The van der Waals surface area contributed by atoms with Gasteiger partial charge in [-0.1, -0.05) is 62.4 Å². The van der Waals surface area contributed by atoms with E-state index < -0.39 is 29.4 Å². The highest BCUT2D eigenvalue weighted by molar-refractivity contribution is 6.20. The van der Waals surface area contributed by atoms with Crippen molar-refractivity contribution in [3.05, 3.63) is 99.9 Å². The zero-order valence-electron chi connectivity index (χ0n) is 19.8. The minimum Gasteiger partial charge on any atom is -0.503 e. The van der Waals surface area contributed by atoms with Crippen molar-refractivity contribution >= 4 is 17.5 Å². The number of ketones is 1. The summed E-state index contributed by atoms with van der Waals surface area (Å²) in [5, 5.41) is 18.9. The predicted octanol–water partition coefficient (Wildman–Crippen LogP) is 5.80. The fourth-order valence-electron chi connectivity index (χ4n) is 4.04. The van der Waals surface area contributed by atoms with E-state index in [2.05, 4.69) is 10.2 Å². The minimum atomic E-state index is -3.05. The Hall–Kier alpha value is -3.94. The summed E-state index contributed by atoms with van der Waals surface area (Å²) < 4.78 is 27.6. The van der Waals surface area contributed by atoms with E-state index in [0.717, 1.165) is 17.4 Å². The van der Waals surface area contributed by atoms with E-state index in [4.69, 9.17) is 0 Å². The molecule has 8 heteroatoms. The van der Waals surface area contributed by atoms with E-state index in [9.17, 15) is 23.5 Å². The monoisotopic (exact) mass is 477 g/mol. The van der Waals surface area contributed by atoms with E-state index in [0.29, 0.717) is 16.8 Å². The average molecular weight is 478 g/mol. The summed E-state index contributed by atoms with van der Waals surface area (Å²) >= 11 is 0. The van der Waals surface area contributed by atoms with Crippen LogP contribution < -0.4 is 4.90 Å². The summed E-state index contributed by atoms with van der Waals surface area (Å²) in [6, 6.07) is 14.4. The fraction of sp³-hybridized carbons (Fsp3) is 0.259. The SMILES string of the molecule is Cc1ccc(N2C(=O)C(O)=C(C(=O)c3ccc(C(C)C)cc3)[C@@H]2c2ccc(C(C)(F)F)cc2)nn1. The maximum atomic E-state index is 13.8. The highest BCUT2D eigenvalue weighted by atomic mass is 19.3. The summed E-state index contributed by atoms with van der Waals surface area (Å²) in [6.45, 7) is 6.58. The van der Waals surface area contributed by atoms with Gasteiger partial charge in [0.1, 0.15) is 0 Å². The van der Waals surface area contributed by atoms with Gasteiger partial charge in [-0.3, -0.25) is 14.5 Å². The van der Waals surface area contributed by atoms with E-state index >= 15 is 0 Å². The van der Waals surface area contributed by atoms with Crippen molar-refractivity contribution in [2.75, 3.05) is 4.90 Å². The second kappa shape index (κ2) is 9.02. The summed E-state index contributed by atoms with van der Waals surface area (Å²) in [6.07, 6.45) is 0. The van der Waals surface area contributed by atoms with Crippen molar-refractivity contribution in [2.24, 2.45) is 0 Å². The minimum absolute atomic E-state index is 0.125. The molecule has 0 saturated heterocycles. The van der Waals surface area contributed by atoms with Gasteiger partial charge in [0.25, 0.3) is 11.8 Å². The number of hydrogen-bond donors (Lipinski definition) is 1. The van der Waals surface area contributed by atoms with Gasteiger partial charge >= 0.3 is 0 Å². The molecule has 35 heavy (non-hydrogen) atoms. The molecule has 0 aliphatic carbocycles. The molecule has 1 aromatic heterocycles. The zero-order chi connectivity index (χ0) is 25.5. The van der Waals surface area contributed by atoms with Crippen molar-refractivity contribution in [1.82, 2.24) is 10.2 Å². The van der Waals surface area contributed by atoms with Gasteiger partial charge in [0, 0.05) is 18.1 Å². The Morgan fingerprint density at radius 2 is 1.63 bits per heavy atom. The molecule has 0 unspecified atom stereocenters. The largest absolute Gasteiger partial charge is 0.503 e. The number of carbonyl (C=O) groups is 2. The molecular formula is C27H25F2N3O3. The molecule has 4 rings (SSSR count). The number of rotatable bonds is 6. The number of halogens is 2. The molecule has 1 aliphatic rings. The van der Waals surface area contributed by atoms with Crippen LogP contribution in [-0.2, 0) is 10.7 Å². The highest BCUT2D eigenvalue weighted by Crippen LogP contribution is 2.42. The second-order valence-electron chi connectivity index (χ2n) is 8.99. The molecule has 0 radical (unpaired) electrons. The number of Topliss-reactive ketones (excluding diaryl/α,β-unsaturated/α-hetero) is 1. The number of alkyl halides is 2. The van der Waals surface area contributed by atoms with Gasteiger partial charge in [0.15, 0.2) is 17.4 Å². The molecule has 2 aromatic carbocycles. The van der Waals surface area contributed by atoms with Crippen LogP contribution in [0.25, 0.3) is 0 Å². The molecule has 1 amide bonds. The first-order valence-corrected chi connectivity index (χ1v) is 11.2. The maximum absolute atomic E-state index is 13.8. The lowest BCUT2D eigenvalue weighted by atomic mass is 9.91. The number of anilines is 1. The third-order valence-electron chi connectivity index (χ3n) is 6.06. The number of aliphatic hydroxyl groups is 1. The van der Waals surface area contributed by atoms with Crippen LogP contribution in [-0.4, -0.2) is 27.0 Å². The maximum Gasteiger partial charge on any atom is 0.295 e. The highest BCUT2D eigenvalue weighted by Gasteiger charge is 2.45. The Kier molecular flexibility index (Phi) is 6.23. The molecule has 0 bridgehead atoms. The van der Waals surface area contributed by atoms with E-state index in [1.807, 2.05) is 26.0 Å². The van der Waals surface area contributed by atoms with Crippen LogP contribution in [0.4, 0.5) is 14.6 Å². The normalized spacial score (nSPS) is 16.4. The van der Waals surface area contributed by atoms with Gasteiger partial charge in [-0.05, 0) is 36.1 Å². The number of nitrogens with zero attached hydrogens (tertiary/aromatic N) is 3. The first-order chi connectivity index (χ1) is 16.5. The Labute approximate surface area is 201 Å². The van der Waals surface area contributed by atoms with Gasteiger partial charge in [0.05, 0.1) is 17.3 Å². The molecule has 0 saturated carbocycles. The smallest absolute Gasteiger partial charge is 0.295 e. The van der Waals surface area contributed by atoms with Gasteiger partial charge < -0.3 is 5.11 Å². The molecule has 1 atom stereocenters. The van der Waals surface area contributed by atoms with Gasteiger partial charge in [-0.15, -0.1) is 5.10 Å². The number of carbonyl (C=O) groups excluding carboxylic acids is 2. The summed E-state index contributed by atoms with van der Waals surface area (Å²) in [7, 11) is 0. The first kappa shape index (κ1) is 24.2. The summed E-state index contributed by atoms with van der Waals surface area (Å²) in [4.78, 5) is 27.9. The lowest BCUT2D eigenvalue weighted by Crippen LogP contribution is -2.32. The average Bonchev–Trinajstić information content (AvgIpc) is 3.09. The second-order valence-corrected chi connectivity index (χ2v) is 8.99. The van der Waals surface area contributed by atoms with Crippen molar-refractivity contribution in [3.63, 3.8) is 0 Å². The fourth-order valence-corrected chi connectivity index (χ4v) is 4.04. The van der Waals surface area contributed by atoms with Crippen LogP contribution >= 0.6 is 0 Å². The van der Waals surface area contributed by atoms with Crippen LogP contribution in [0.5, 0.6) is 0 Å². The number of hydrogen-bond acceptors (Lipinski definition) is 5. The molecule has 6 nitrogen and oxygen atoms in total. The molecule has 1 N–H and O–H groups in total. The van der Waals surface area contributed by atoms with Crippen molar-refractivity contribution in [3.8, 4) is 0 Å². The summed E-state index contributed by atoms with van der Waals surface area (Å²) in [5.74, 6) is -4.73. The van der Waals surface area contributed by atoms with E-state index in [-0.39, 0.29) is 22.9 Å². The standard InChI is InChI=1S/C27H25F2N3O3/c1-15(2)17-6-8-19(9-7-17)24(33)22-23(18-10-12-20(13-11-18)27(4,28)29)32(26(35)25(22)34)21-14-5-16(3)30-31-21/h5-15,23,34H,1-4H3/t23-/m0/s1. The molecule has 180 valence electrons. The topological polar surface area (TPSA) is 83.4 Å². The van der Waals surface area contributed by atoms with Gasteiger partial charge in [0.2, 0.25) is 0 Å². The quantitative estimate of drug-likeness (QED) is 0.454. The summed E-state index contributed by atoms with van der Waals surface area (Å²) in [5.41, 5.74) is 1.96. The molecular weight excluding hydrogens is 452 g/mol. The van der Waals surface area contributed by atoms with E-state index in [1.165, 1.54) is 24.3 Å². The molecule has 0 spiro atoms. The lowest BCUT2D eigenvalue weighted by molar-refractivity contribution is -0.117. The number of benzene rings is 2. The van der Waals surface area contributed by atoms with Crippen LogP contribution in [0.3, 0.4) is 0 Å². The Morgan fingerprint density at radius 1 is 1.00 bits per heavy atom. The molecule has 3 aromatic rings. The van der Waals surface area contributed by atoms with Gasteiger partial charge in [-0.25, -0.2) is 8.78 Å². The Balaban J connectivity index is 1.83. The third-order valence-corrected chi connectivity index (χ3v) is 6.06. The van der Waals surface area contributed by atoms with Crippen molar-refractivity contribution in [2.45, 2.75) is 45.6 Å². The number of aromatic nitrogens is 2. The Bertz CT molecular complexity index is 1290. The first-order valence-electron chi connectivity index (χ1n) is 11.2. The van der Waals surface area contributed by atoms with Crippen LogP contribution in [0, 0.1) is 6.92 Å². The van der Waals surface area contributed by atoms with Crippen LogP contribution in [0.2, 0.25) is 0 Å². The zero-order valence-corrected chi connectivity index (χ0v) is 19.8. The number of aliphatic hydroxyl groups excluding tert-OH is 1. The van der Waals surface area contributed by atoms with Gasteiger partial charge in [-0.2, -0.15) is 5.10 Å². The third kappa shape index (κ3) is 4.56. The van der Waals surface area contributed by atoms with Crippen LogP contribution in [0.15, 0.2) is 72.0 Å². The van der Waals surface area contributed by atoms with Crippen molar-refractivity contribution < 1.29 is 23.5 Å². The number of aryl methyl sites for hydroxylation is 1. The predicted molar refractivity (Wildman–Crippen MR) is 128 cm³/mol. The van der Waals surface area contributed by atoms with Crippen molar-refractivity contribution in [1.29, 1.82) is 0 Å². The van der Waals surface area contributed by atoms with E-state index in [1.54, 1.807) is 31.2 Å². The van der Waals surface area contributed by atoms with Crippen LogP contribution in [0.1, 0.15) is 65.5 Å². The lowest BCUT2D eigenvalue weighted by Gasteiger charge is -2.26.